The second kappa shape index (κ2) is 8.27. The molecule has 0 aromatic heterocycles. The molecule has 2 aromatic rings. The summed E-state index contributed by atoms with van der Waals surface area (Å²) in [5.74, 6) is -0.868. The highest BCUT2D eigenvalue weighted by Crippen LogP contribution is 2.37. The standard InChI is InChI=1S/C19H18Cl2N2O4/c20-4-6-22-19(23-7-5-21)10-8-12-16(14(25)9-10)18(27)15-11(17(12)26)2-1-3-13(15)24/h1-3,8-9,19,22-25H,4-7H2. The lowest BCUT2D eigenvalue weighted by atomic mass is 9.82. The van der Waals surface area contributed by atoms with Crippen LogP contribution in [0.25, 0.3) is 0 Å². The molecule has 8 heteroatoms. The van der Waals surface area contributed by atoms with E-state index in [-0.39, 0.29) is 33.8 Å². The molecule has 0 heterocycles. The Balaban J connectivity index is 2.08. The Kier molecular flexibility index (Phi) is 6.01. The van der Waals surface area contributed by atoms with Crippen molar-refractivity contribution in [1.82, 2.24) is 10.6 Å². The van der Waals surface area contributed by atoms with Gasteiger partial charge in [-0.25, -0.2) is 0 Å². The Morgan fingerprint density at radius 2 is 1.48 bits per heavy atom. The first-order chi connectivity index (χ1) is 13.0. The summed E-state index contributed by atoms with van der Waals surface area (Å²) in [6.45, 7) is 0.978. The van der Waals surface area contributed by atoms with E-state index in [0.29, 0.717) is 30.4 Å². The molecule has 27 heavy (non-hydrogen) atoms. The summed E-state index contributed by atoms with van der Waals surface area (Å²) in [5.41, 5.74) is 0.592. The number of phenolic OH excluding ortho intramolecular Hbond substituents is 2. The first-order valence-corrected chi connectivity index (χ1v) is 9.43. The molecule has 0 bridgehead atoms. The Morgan fingerprint density at radius 1 is 0.852 bits per heavy atom. The van der Waals surface area contributed by atoms with Gasteiger partial charge in [-0.15, -0.1) is 23.2 Å². The van der Waals surface area contributed by atoms with Gasteiger partial charge >= 0.3 is 0 Å². The number of hydrogen-bond acceptors (Lipinski definition) is 6. The van der Waals surface area contributed by atoms with Gasteiger partial charge in [-0.2, -0.15) is 0 Å². The lowest BCUT2D eigenvalue weighted by molar-refractivity contribution is 0.0974. The van der Waals surface area contributed by atoms with Crippen molar-refractivity contribution in [2.75, 3.05) is 24.8 Å². The number of halogens is 2. The number of carbonyl (C=O) groups excluding carboxylic acids is 2. The summed E-state index contributed by atoms with van der Waals surface area (Å²) in [6.07, 6.45) is -0.410. The van der Waals surface area contributed by atoms with Crippen molar-refractivity contribution in [2.45, 2.75) is 6.17 Å². The van der Waals surface area contributed by atoms with Gasteiger partial charge in [0.15, 0.2) is 5.78 Å². The van der Waals surface area contributed by atoms with Crippen molar-refractivity contribution < 1.29 is 19.8 Å². The molecule has 0 atom stereocenters. The maximum absolute atomic E-state index is 12.9. The molecule has 142 valence electrons. The van der Waals surface area contributed by atoms with Crippen LogP contribution < -0.4 is 10.6 Å². The third kappa shape index (κ3) is 3.66. The molecule has 3 rings (SSSR count). The molecule has 2 aromatic carbocycles. The van der Waals surface area contributed by atoms with Crippen LogP contribution in [0.2, 0.25) is 0 Å². The molecule has 1 aliphatic rings. The van der Waals surface area contributed by atoms with Gasteiger partial charge in [-0.3, -0.25) is 20.2 Å². The van der Waals surface area contributed by atoms with E-state index in [1.807, 2.05) is 0 Å². The monoisotopic (exact) mass is 408 g/mol. The molecule has 4 N–H and O–H groups in total. The maximum Gasteiger partial charge on any atom is 0.201 e. The average Bonchev–Trinajstić information content (AvgIpc) is 2.65. The molecule has 0 fully saturated rings. The highest BCUT2D eigenvalue weighted by atomic mass is 35.5. The first-order valence-electron chi connectivity index (χ1n) is 8.36. The minimum Gasteiger partial charge on any atom is -0.507 e. The van der Waals surface area contributed by atoms with Crippen molar-refractivity contribution in [1.29, 1.82) is 0 Å². The number of benzene rings is 2. The van der Waals surface area contributed by atoms with Crippen LogP contribution in [0.3, 0.4) is 0 Å². The van der Waals surface area contributed by atoms with Gasteiger partial charge in [0.1, 0.15) is 11.5 Å². The second-order valence-electron chi connectivity index (χ2n) is 6.04. The third-order valence-corrected chi connectivity index (χ3v) is 4.72. The summed E-state index contributed by atoms with van der Waals surface area (Å²) in [5, 5.41) is 26.8. The van der Waals surface area contributed by atoms with Gasteiger partial charge in [-0.05, 0) is 23.8 Å². The van der Waals surface area contributed by atoms with E-state index in [1.54, 1.807) is 6.07 Å². The van der Waals surface area contributed by atoms with Gasteiger partial charge in [-0.1, -0.05) is 12.1 Å². The van der Waals surface area contributed by atoms with Crippen LogP contribution in [0.4, 0.5) is 0 Å². The topological polar surface area (TPSA) is 98.7 Å². The molecular weight excluding hydrogens is 391 g/mol. The Morgan fingerprint density at radius 3 is 2.11 bits per heavy atom. The number of aromatic hydroxyl groups is 2. The summed E-state index contributed by atoms with van der Waals surface area (Å²) >= 11 is 11.5. The zero-order valence-corrected chi connectivity index (χ0v) is 15.8. The van der Waals surface area contributed by atoms with Crippen LogP contribution in [0.5, 0.6) is 11.5 Å². The Hall–Kier alpha value is -2.12. The molecule has 1 aliphatic carbocycles. The van der Waals surface area contributed by atoms with E-state index >= 15 is 0 Å². The number of hydrogen-bond donors (Lipinski definition) is 4. The lowest BCUT2D eigenvalue weighted by Crippen LogP contribution is -2.36. The number of ketones is 2. The number of carbonyl (C=O) groups is 2. The lowest BCUT2D eigenvalue weighted by Gasteiger charge is -2.24. The highest BCUT2D eigenvalue weighted by molar-refractivity contribution is 6.30. The van der Waals surface area contributed by atoms with Gasteiger partial charge in [0.25, 0.3) is 0 Å². The fourth-order valence-corrected chi connectivity index (χ4v) is 3.39. The third-order valence-electron chi connectivity index (χ3n) is 4.34. The van der Waals surface area contributed by atoms with Crippen LogP contribution in [0, 0.1) is 0 Å². The van der Waals surface area contributed by atoms with Gasteiger partial charge in [0.2, 0.25) is 5.78 Å². The predicted molar refractivity (Wildman–Crippen MR) is 103 cm³/mol. The molecule has 6 nitrogen and oxygen atoms in total. The number of alkyl halides is 2. The molecule has 0 amide bonds. The number of nitrogens with one attached hydrogen (secondary N) is 2. The van der Waals surface area contributed by atoms with Crippen molar-refractivity contribution in [3.8, 4) is 11.5 Å². The normalized spacial score (nSPS) is 13.0. The zero-order valence-electron chi connectivity index (χ0n) is 14.3. The fraction of sp³-hybridized carbons (Fsp3) is 0.263. The van der Waals surface area contributed by atoms with Gasteiger partial charge in [0, 0.05) is 36.0 Å². The average molecular weight is 409 g/mol. The molecule has 0 radical (unpaired) electrons. The summed E-state index contributed by atoms with van der Waals surface area (Å²) in [6, 6.07) is 7.30. The van der Waals surface area contributed by atoms with Gasteiger partial charge < -0.3 is 10.2 Å². The van der Waals surface area contributed by atoms with Crippen LogP contribution >= 0.6 is 23.2 Å². The van der Waals surface area contributed by atoms with E-state index in [9.17, 15) is 19.8 Å². The molecule has 0 saturated heterocycles. The second-order valence-corrected chi connectivity index (χ2v) is 6.80. The number of rotatable bonds is 7. The molecular formula is C19H18Cl2N2O4. The van der Waals surface area contributed by atoms with Crippen LogP contribution in [0.15, 0.2) is 30.3 Å². The smallest absolute Gasteiger partial charge is 0.201 e. The van der Waals surface area contributed by atoms with Gasteiger partial charge in [0.05, 0.1) is 17.3 Å². The fourth-order valence-electron chi connectivity index (χ4n) is 3.18. The van der Waals surface area contributed by atoms with Crippen molar-refractivity contribution in [3.63, 3.8) is 0 Å². The zero-order chi connectivity index (χ0) is 19.6. The van der Waals surface area contributed by atoms with E-state index in [4.69, 9.17) is 23.2 Å². The van der Waals surface area contributed by atoms with Crippen LogP contribution in [-0.2, 0) is 0 Å². The van der Waals surface area contributed by atoms with E-state index < -0.39 is 17.7 Å². The molecule has 0 saturated carbocycles. The molecule has 0 aliphatic heterocycles. The maximum atomic E-state index is 12.9. The summed E-state index contributed by atoms with van der Waals surface area (Å²) in [7, 11) is 0. The van der Waals surface area contributed by atoms with E-state index in [2.05, 4.69) is 10.6 Å². The summed E-state index contributed by atoms with van der Waals surface area (Å²) < 4.78 is 0. The minimum absolute atomic E-state index is 0.0878. The number of fused-ring (bicyclic) bond motifs is 2. The predicted octanol–water partition coefficient (Wildman–Crippen LogP) is 2.53. The van der Waals surface area contributed by atoms with E-state index in [1.165, 1.54) is 24.3 Å². The Bertz CT molecular complexity index is 894. The number of phenols is 2. The molecule has 0 spiro atoms. The van der Waals surface area contributed by atoms with Crippen molar-refractivity contribution in [3.05, 3.63) is 58.1 Å². The molecule has 0 unspecified atom stereocenters. The van der Waals surface area contributed by atoms with Crippen molar-refractivity contribution >= 4 is 34.8 Å². The first kappa shape index (κ1) is 19.6. The van der Waals surface area contributed by atoms with Crippen molar-refractivity contribution in [2.24, 2.45) is 0 Å². The minimum atomic E-state index is -0.583. The van der Waals surface area contributed by atoms with Crippen LogP contribution in [-0.4, -0.2) is 46.6 Å². The largest absolute Gasteiger partial charge is 0.507 e. The summed E-state index contributed by atoms with van der Waals surface area (Å²) in [4.78, 5) is 25.7. The SMILES string of the molecule is O=C1c2cccc(O)c2C(=O)c2c(O)cc(C(NCCCl)NCCCl)cc21. The Labute approximate surface area is 166 Å². The van der Waals surface area contributed by atoms with E-state index in [0.717, 1.165) is 0 Å². The highest BCUT2D eigenvalue weighted by Gasteiger charge is 2.35. The van der Waals surface area contributed by atoms with Crippen LogP contribution in [0.1, 0.15) is 43.6 Å². The quantitative estimate of drug-likeness (QED) is 0.354.